The second kappa shape index (κ2) is 7.40. The van der Waals surface area contributed by atoms with Crippen molar-refractivity contribution < 1.29 is 10.1 Å². The standard InChI is InChI=1S/C17H16ClN5O3/c1-12-4-2-3-5-15(12)21-20-17(23(25)26)16(22(21)24)19-11-10-13-6-8-14(18)9-7-13/h2-9,24H,10-11H2,1H3. The zero-order valence-corrected chi connectivity index (χ0v) is 14.7. The Hall–Kier alpha value is -3.13. The molecule has 0 radical (unpaired) electrons. The maximum Gasteiger partial charge on any atom is 0.438 e. The second-order valence-corrected chi connectivity index (χ2v) is 6.06. The molecule has 1 N–H and O–H groups in total. The number of hydrogen-bond donors (Lipinski definition) is 1. The van der Waals surface area contributed by atoms with Crippen LogP contribution < -0.4 is 5.49 Å². The maximum atomic E-state index is 11.3. The Morgan fingerprint density at radius 1 is 1.23 bits per heavy atom. The van der Waals surface area contributed by atoms with Crippen LogP contribution in [0.4, 0.5) is 5.82 Å². The van der Waals surface area contributed by atoms with E-state index in [1.807, 2.05) is 31.2 Å². The first-order valence-electron chi connectivity index (χ1n) is 7.84. The summed E-state index contributed by atoms with van der Waals surface area (Å²) in [5.41, 5.74) is 2.11. The Labute approximate surface area is 153 Å². The summed E-state index contributed by atoms with van der Waals surface area (Å²) >= 11 is 5.85. The van der Waals surface area contributed by atoms with E-state index in [2.05, 4.69) is 10.1 Å². The van der Waals surface area contributed by atoms with E-state index in [0.717, 1.165) is 15.9 Å². The van der Waals surface area contributed by atoms with Gasteiger partial charge in [0.15, 0.2) is 0 Å². The molecule has 0 bridgehead atoms. The van der Waals surface area contributed by atoms with Gasteiger partial charge in [0.1, 0.15) is 5.69 Å². The minimum Gasteiger partial charge on any atom is -0.409 e. The number of para-hydroxylation sites is 1. The molecule has 9 heteroatoms. The largest absolute Gasteiger partial charge is 0.438 e. The lowest BCUT2D eigenvalue weighted by Gasteiger charge is -2.03. The molecule has 3 aromatic rings. The van der Waals surface area contributed by atoms with Crippen molar-refractivity contribution in [2.75, 3.05) is 6.54 Å². The Bertz CT molecular complexity index is 1010. The summed E-state index contributed by atoms with van der Waals surface area (Å²) in [6, 6.07) is 14.4. The van der Waals surface area contributed by atoms with Crippen LogP contribution in [-0.2, 0) is 6.42 Å². The van der Waals surface area contributed by atoms with Gasteiger partial charge in [0.05, 0.1) is 5.10 Å². The molecule has 134 valence electrons. The lowest BCUT2D eigenvalue weighted by atomic mass is 10.1. The molecule has 0 fully saturated rings. The third-order valence-corrected chi connectivity index (χ3v) is 4.09. The van der Waals surface area contributed by atoms with E-state index in [4.69, 9.17) is 11.6 Å². The number of halogens is 1. The molecular formula is C17H16ClN5O3. The molecule has 0 amide bonds. The molecule has 0 unspecified atom stereocenters. The van der Waals surface area contributed by atoms with Crippen LogP contribution in [0.3, 0.4) is 0 Å². The van der Waals surface area contributed by atoms with Gasteiger partial charge in [-0.05, 0) is 52.4 Å². The number of benzene rings is 2. The first-order valence-corrected chi connectivity index (χ1v) is 8.22. The summed E-state index contributed by atoms with van der Waals surface area (Å²) in [6.07, 6.45) is 0.546. The van der Waals surface area contributed by atoms with Gasteiger partial charge in [-0.2, -0.15) is 0 Å². The summed E-state index contributed by atoms with van der Waals surface area (Å²) in [4.78, 5) is 16.5. The Kier molecular flexibility index (Phi) is 5.04. The number of nitro groups is 1. The van der Waals surface area contributed by atoms with Crippen molar-refractivity contribution >= 4 is 17.4 Å². The van der Waals surface area contributed by atoms with Gasteiger partial charge < -0.3 is 15.3 Å². The van der Waals surface area contributed by atoms with E-state index >= 15 is 0 Å². The molecule has 0 aliphatic carbocycles. The molecule has 0 spiro atoms. The molecule has 26 heavy (non-hydrogen) atoms. The lowest BCUT2D eigenvalue weighted by Crippen LogP contribution is -2.23. The average Bonchev–Trinajstić information content (AvgIpc) is 2.94. The third kappa shape index (κ3) is 3.60. The number of hydrogen-bond acceptors (Lipinski definition) is 5. The van der Waals surface area contributed by atoms with Crippen LogP contribution in [0.25, 0.3) is 5.69 Å². The van der Waals surface area contributed by atoms with Crippen molar-refractivity contribution in [3.8, 4) is 5.69 Å². The van der Waals surface area contributed by atoms with Gasteiger partial charge >= 0.3 is 5.82 Å². The molecular weight excluding hydrogens is 358 g/mol. The third-order valence-electron chi connectivity index (χ3n) is 3.84. The number of aromatic nitrogens is 3. The van der Waals surface area contributed by atoms with Crippen molar-refractivity contribution in [1.29, 1.82) is 0 Å². The smallest absolute Gasteiger partial charge is 0.409 e. The molecule has 3 rings (SSSR count). The molecule has 8 nitrogen and oxygen atoms in total. The van der Waals surface area contributed by atoms with Gasteiger partial charge in [0, 0.05) is 11.6 Å². The molecule has 0 saturated heterocycles. The molecule has 0 atom stereocenters. The van der Waals surface area contributed by atoms with Crippen LogP contribution in [0.2, 0.25) is 5.02 Å². The lowest BCUT2D eigenvalue weighted by molar-refractivity contribution is -0.391. The van der Waals surface area contributed by atoms with Crippen molar-refractivity contribution in [3.05, 3.63) is 80.3 Å². The van der Waals surface area contributed by atoms with E-state index in [9.17, 15) is 15.3 Å². The first kappa shape index (κ1) is 17.7. The van der Waals surface area contributed by atoms with Gasteiger partial charge in [-0.3, -0.25) is 4.99 Å². The van der Waals surface area contributed by atoms with Crippen LogP contribution in [-0.4, -0.2) is 31.4 Å². The van der Waals surface area contributed by atoms with E-state index < -0.39 is 10.7 Å². The number of aryl methyl sites for hydroxylation is 1. The minimum absolute atomic E-state index is 0.202. The highest BCUT2D eigenvalue weighted by Crippen LogP contribution is 2.13. The van der Waals surface area contributed by atoms with Crippen molar-refractivity contribution in [1.82, 2.24) is 14.7 Å². The number of nitrogens with zero attached hydrogens (tertiary/aromatic N) is 5. The zero-order valence-electron chi connectivity index (χ0n) is 13.9. The maximum absolute atomic E-state index is 11.3. The van der Waals surface area contributed by atoms with Crippen LogP contribution in [0.15, 0.2) is 53.5 Å². The van der Waals surface area contributed by atoms with Crippen LogP contribution in [0.5, 0.6) is 0 Å². The predicted molar refractivity (Wildman–Crippen MR) is 95.7 cm³/mol. The van der Waals surface area contributed by atoms with E-state index in [1.54, 1.807) is 24.3 Å². The van der Waals surface area contributed by atoms with E-state index in [1.165, 1.54) is 0 Å². The molecule has 0 saturated carbocycles. The fourth-order valence-electron chi connectivity index (χ4n) is 2.49. The van der Waals surface area contributed by atoms with Crippen LogP contribution in [0, 0.1) is 17.0 Å². The average molecular weight is 374 g/mol. The van der Waals surface area contributed by atoms with E-state index in [-0.39, 0.29) is 12.0 Å². The fourth-order valence-corrected chi connectivity index (χ4v) is 2.62. The van der Waals surface area contributed by atoms with Crippen molar-refractivity contribution in [3.63, 3.8) is 0 Å². The molecule has 0 aliphatic rings. The van der Waals surface area contributed by atoms with Gasteiger partial charge in [-0.15, -0.1) is 0 Å². The molecule has 0 aliphatic heterocycles. The molecule has 1 heterocycles. The predicted octanol–water partition coefficient (Wildman–Crippen LogP) is 2.92. The Morgan fingerprint density at radius 2 is 1.92 bits per heavy atom. The van der Waals surface area contributed by atoms with Gasteiger partial charge in [-0.25, -0.2) is 0 Å². The Balaban J connectivity index is 1.96. The summed E-state index contributed by atoms with van der Waals surface area (Å²) in [7, 11) is 0. The normalized spacial score (nSPS) is 11.7. The topological polar surface area (TPSA) is 98.5 Å². The summed E-state index contributed by atoms with van der Waals surface area (Å²) in [6.45, 7) is 2.07. The highest BCUT2D eigenvalue weighted by Gasteiger charge is 2.24. The van der Waals surface area contributed by atoms with Gasteiger partial charge in [0.2, 0.25) is 0 Å². The van der Waals surface area contributed by atoms with Gasteiger partial charge in [0.25, 0.3) is 5.49 Å². The summed E-state index contributed by atoms with van der Waals surface area (Å²) < 4.78 is 0. The zero-order chi connectivity index (χ0) is 18.7. The quantitative estimate of drug-likeness (QED) is 0.422. The first-order chi connectivity index (χ1) is 12.5. The van der Waals surface area contributed by atoms with Crippen molar-refractivity contribution in [2.24, 2.45) is 4.99 Å². The monoisotopic (exact) mass is 373 g/mol. The highest BCUT2D eigenvalue weighted by atomic mass is 35.5. The van der Waals surface area contributed by atoms with Gasteiger partial charge in [-0.1, -0.05) is 46.8 Å². The fraction of sp³-hybridized carbons (Fsp3) is 0.176. The highest BCUT2D eigenvalue weighted by molar-refractivity contribution is 6.30. The summed E-state index contributed by atoms with van der Waals surface area (Å²) in [5.74, 6) is -0.508. The van der Waals surface area contributed by atoms with Crippen LogP contribution in [0.1, 0.15) is 11.1 Å². The summed E-state index contributed by atoms with van der Waals surface area (Å²) in [5, 5.41) is 26.2. The van der Waals surface area contributed by atoms with Crippen molar-refractivity contribution in [2.45, 2.75) is 13.3 Å². The SMILES string of the molecule is Cc1ccccc1-n1nc([N+](=O)[O-])c(=NCCc2ccc(Cl)cc2)n1O. The van der Waals surface area contributed by atoms with Crippen LogP contribution >= 0.6 is 11.6 Å². The second-order valence-electron chi connectivity index (χ2n) is 5.63. The molecule has 1 aromatic heterocycles. The molecule has 2 aromatic carbocycles. The Morgan fingerprint density at radius 3 is 2.58 bits per heavy atom. The number of rotatable bonds is 5. The van der Waals surface area contributed by atoms with E-state index in [0.29, 0.717) is 22.0 Å². The minimum atomic E-state index is -0.664.